The molecule has 6 nitrogen and oxygen atoms in total. The van der Waals surface area contributed by atoms with E-state index in [1.165, 1.54) is 0 Å². The summed E-state index contributed by atoms with van der Waals surface area (Å²) in [7, 11) is 0. The van der Waals surface area contributed by atoms with Crippen LogP contribution in [0.5, 0.6) is 0 Å². The normalized spacial score (nSPS) is 12.6. The van der Waals surface area contributed by atoms with E-state index < -0.39 is 11.4 Å². The zero-order chi connectivity index (χ0) is 11.7. The Bertz CT molecular complexity index is 563. The second kappa shape index (κ2) is 3.73. The van der Waals surface area contributed by atoms with Crippen LogP contribution in [0.15, 0.2) is 33.9 Å². The van der Waals surface area contributed by atoms with Crippen molar-refractivity contribution in [3.63, 3.8) is 0 Å². The van der Waals surface area contributed by atoms with Gasteiger partial charge in [-0.2, -0.15) is 0 Å². The van der Waals surface area contributed by atoms with Gasteiger partial charge < -0.3 is 5.73 Å². The number of hydrogen-bond donors (Lipinski definition) is 3. The molecular formula is C10H12N4O2. The van der Waals surface area contributed by atoms with Crippen LogP contribution in [0, 0.1) is 0 Å². The summed E-state index contributed by atoms with van der Waals surface area (Å²) in [4.78, 5) is 22.7. The summed E-state index contributed by atoms with van der Waals surface area (Å²) in [6, 6.07) is 6.72. The molecule has 1 aromatic heterocycles. The SMILES string of the molecule is CC(c1ccc(N)cc1)n1c(=O)[nH][nH]c1=O. The lowest BCUT2D eigenvalue weighted by Crippen LogP contribution is -2.30. The first-order valence-electron chi connectivity index (χ1n) is 4.84. The fraction of sp³-hybridized carbons (Fsp3) is 0.200. The standard InChI is InChI=1S/C10H12N4O2/c1-6(7-2-4-8(11)5-3-7)14-9(15)12-13-10(14)16/h2-6H,11H2,1H3,(H,12,15)(H,13,16). The average molecular weight is 220 g/mol. The van der Waals surface area contributed by atoms with Crippen LogP contribution in [0.3, 0.4) is 0 Å². The molecule has 6 heteroatoms. The van der Waals surface area contributed by atoms with Gasteiger partial charge in [-0.15, -0.1) is 0 Å². The number of nitrogens with two attached hydrogens (primary N) is 1. The summed E-state index contributed by atoms with van der Waals surface area (Å²) in [6.07, 6.45) is 0. The van der Waals surface area contributed by atoms with Gasteiger partial charge in [-0.3, -0.25) is 0 Å². The van der Waals surface area contributed by atoms with Gasteiger partial charge in [0.2, 0.25) is 0 Å². The maximum absolute atomic E-state index is 11.4. The van der Waals surface area contributed by atoms with E-state index in [-0.39, 0.29) is 6.04 Å². The van der Waals surface area contributed by atoms with Crippen molar-refractivity contribution in [1.29, 1.82) is 0 Å². The number of aromatic nitrogens is 3. The lowest BCUT2D eigenvalue weighted by atomic mass is 10.1. The number of hydrogen-bond acceptors (Lipinski definition) is 3. The van der Waals surface area contributed by atoms with E-state index in [0.29, 0.717) is 5.69 Å². The minimum atomic E-state index is -0.450. The second-order valence-corrected chi connectivity index (χ2v) is 3.57. The topological polar surface area (TPSA) is 96.7 Å². The molecule has 0 saturated heterocycles. The molecule has 1 heterocycles. The first kappa shape index (κ1) is 10.3. The Balaban J connectivity index is 2.47. The summed E-state index contributed by atoms with van der Waals surface area (Å²) in [5.74, 6) is 0. The molecule has 0 aliphatic heterocycles. The van der Waals surface area contributed by atoms with Crippen LogP contribution in [-0.4, -0.2) is 14.8 Å². The Kier molecular flexibility index (Phi) is 2.40. The van der Waals surface area contributed by atoms with Crippen molar-refractivity contribution >= 4 is 5.69 Å². The number of aromatic amines is 2. The predicted octanol–water partition coefficient (Wildman–Crippen LogP) is 0.0562. The van der Waals surface area contributed by atoms with Crippen molar-refractivity contribution in [2.75, 3.05) is 5.73 Å². The van der Waals surface area contributed by atoms with Crippen molar-refractivity contribution in [2.24, 2.45) is 0 Å². The summed E-state index contributed by atoms with van der Waals surface area (Å²) < 4.78 is 1.12. The molecular weight excluding hydrogens is 208 g/mol. The molecule has 0 aliphatic carbocycles. The maximum Gasteiger partial charge on any atom is 0.344 e. The molecule has 0 saturated carbocycles. The van der Waals surface area contributed by atoms with Gasteiger partial charge in [0, 0.05) is 5.69 Å². The second-order valence-electron chi connectivity index (χ2n) is 3.57. The maximum atomic E-state index is 11.4. The van der Waals surface area contributed by atoms with Crippen LogP contribution in [0.25, 0.3) is 0 Å². The summed E-state index contributed by atoms with van der Waals surface area (Å²) in [6.45, 7) is 1.77. The molecule has 4 N–H and O–H groups in total. The quantitative estimate of drug-likeness (QED) is 0.624. The van der Waals surface area contributed by atoms with Gasteiger partial charge in [0.15, 0.2) is 0 Å². The number of H-pyrrole nitrogens is 2. The van der Waals surface area contributed by atoms with E-state index >= 15 is 0 Å². The number of nitrogens with zero attached hydrogens (tertiary/aromatic N) is 1. The van der Waals surface area contributed by atoms with Gasteiger partial charge in [0.25, 0.3) is 0 Å². The lowest BCUT2D eigenvalue weighted by molar-refractivity contribution is 0.597. The van der Waals surface area contributed by atoms with Crippen LogP contribution in [0.4, 0.5) is 5.69 Å². The molecule has 0 radical (unpaired) electrons. The smallest absolute Gasteiger partial charge is 0.344 e. The van der Waals surface area contributed by atoms with Crippen molar-refractivity contribution in [1.82, 2.24) is 14.8 Å². The first-order chi connectivity index (χ1) is 7.59. The van der Waals surface area contributed by atoms with Gasteiger partial charge in [-0.05, 0) is 24.6 Å². The number of anilines is 1. The fourth-order valence-corrected chi connectivity index (χ4v) is 1.59. The fourth-order valence-electron chi connectivity index (χ4n) is 1.59. The zero-order valence-electron chi connectivity index (χ0n) is 8.73. The molecule has 0 aliphatic rings. The number of rotatable bonds is 2. The average Bonchev–Trinajstić information content (AvgIpc) is 2.59. The monoisotopic (exact) mass is 220 g/mol. The van der Waals surface area contributed by atoms with Crippen molar-refractivity contribution < 1.29 is 0 Å². The Labute approximate surface area is 90.7 Å². The van der Waals surface area contributed by atoms with Gasteiger partial charge in [0.05, 0.1) is 6.04 Å². The van der Waals surface area contributed by atoms with Crippen LogP contribution < -0.4 is 17.1 Å². The third-order valence-electron chi connectivity index (χ3n) is 2.52. The van der Waals surface area contributed by atoms with Gasteiger partial charge in [-0.1, -0.05) is 12.1 Å². The third-order valence-corrected chi connectivity index (χ3v) is 2.52. The van der Waals surface area contributed by atoms with Crippen LogP contribution in [0.1, 0.15) is 18.5 Å². The molecule has 1 unspecified atom stereocenters. The predicted molar refractivity (Wildman–Crippen MR) is 60.3 cm³/mol. The minimum absolute atomic E-state index is 0.330. The van der Waals surface area contributed by atoms with Crippen LogP contribution >= 0.6 is 0 Å². The Morgan fingerprint density at radius 2 is 1.62 bits per heavy atom. The summed E-state index contributed by atoms with van der Waals surface area (Å²) in [5, 5.41) is 4.49. The Morgan fingerprint density at radius 3 is 2.12 bits per heavy atom. The highest BCUT2D eigenvalue weighted by Crippen LogP contribution is 2.15. The van der Waals surface area contributed by atoms with Crippen molar-refractivity contribution in [2.45, 2.75) is 13.0 Å². The summed E-state index contributed by atoms with van der Waals surface area (Å²) >= 11 is 0. The molecule has 2 aromatic rings. The van der Waals surface area contributed by atoms with Crippen molar-refractivity contribution in [3.05, 3.63) is 50.8 Å². The number of nitrogens with one attached hydrogen (secondary N) is 2. The molecule has 0 bridgehead atoms. The molecule has 2 rings (SSSR count). The largest absolute Gasteiger partial charge is 0.399 e. The minimum Gasteiger partial charge on any atom is -0.399 e. The van der Waals surface area contributed by atoms with E-state index in [1.54, 1.807) is 31.2 Å². The van der Waals surface area contributed by atoms with E-state index in [9.17, 15) is 9.59 Å². The van der Waals surface area contributed by atoms with Crippen LogP contribution in [-0.2, 0) is 0 Å². The van der Waals surface area contributed by atoms with Gasteiger partial charge >= 0.3 is 11.4 Å². The van der Waals surface area contributed by atoms with E-state index in [0.717, 1.165) is 10.1 Å². The molecule has 0 amide bonds. The molecule has 0 spiro atoms. The highest BCUT2D eigenvalue weighted by atomic mass is 16.2. The van der Waals surface area contributed by atoms with E-state index in [4.69, 9.17) is 5.73 Å². The van der Waals surface area contributed by atoms with E-state index in [2.05, 4.69) is 10.2 Å². The molecule has 84 valence electrons. The molecule has 16 heavy (non-hydrogen) atoms. The highest BCUT2D eigenvalue weighted by Gasteiger charge is 2.13. The third kappa shape index (κ3) is 1.65. The zero-order valence-corrected chi connectivity index (χ0v) is 8.73. The Morgan fingerprint density at radius 1 is 1.12 bits per heavy atom. The first-order valence-corrected chi connectivity index (χ1v) is 4.84. The Hall–Kier alpha value is -2.24. The number of nitrogen functional groups attached to an aromatic ring is 1. The molecule has 1 atom stereocenters. The molecule has 1 aromatic carbocycles. The van der Waals surface area contributed by atoms with E-state index in [1.807, 2.05) is 0 Å². The van der Waals surface area contributed by atoms with Gasteiger partial charge in [-0.25, -0.2) is 24.4 Å². The van der Waals surface area contributed by atoms with Crippen molar-refractivity contribution in [3.8, 4) is 0 Å². The number of benzene rings is 1. The molecule has 0 fully saturated rings. The summed E-state index contributed by atoms with van der Waals surface area (Å²) in [5.41, 5.74) is 6.16. The van der Waals surface area contributed by atoms with Gasteiger partial charge in [0.1, 0.15) is 0 Å². The van der Waals surface area contributed by atoms with Crippen LogP contribution in [0.2, 0.25) is 0 Å². The highest BCUT2D eigenvalue weighted by molar-refractivity contribution is 5.40. The lowest BCUT2D eigenvalue weighted by Gasteiger charge is -2.10.